The van der Waals surface area contributed by atoms with Gasteiger partial charge in [0.05, 0.1) is 12.7 Å². The van der Waals surface area contributed by atoms with E-state index in [2.05, 4.69) is 61.6 Å². The van der Waals surface area contributed by atoms with Crippen molar-refractivity contribution in [1.29, 1.82) is 0 Å². The second kappa shape index (κ2) is 6.42. The first-order valence-corrected chi connectivity index (χ1v) is 7.72. The standard InChI is InChI=1S/C19H23NO/c1-14-7-8-15(2)19(11-14)18-6-4-3-5-16(18)13-21-17-9-10-20-12-17/h3-8,11,17,20H,9-10,12-13H2,1-2H3. The first-order valence-electron chi connectivity index (χ1n) is 7.72. The van der Waals surface area contributed by atoms with Crippen molar-refractivity contribution < 1.29 is 4.74 Å². The molecule has 0 radical (unpaired) electrons. The second-order valence-corrected chi connectivity index (χ2v) is 5.90. The topological polar surface area (TPSA) is 21.3 Å². The van der Waals surface area contributed by atoms with E-state index in [0.717, 1.165) is 19.5 Å². The lowest BCUT2D eigenvalue weighted by atomic mass is 9.95. The van der Waals surface area contributed by atoms with Crippen LogP contribution in [0.1, 0.15) is 23.1 Å². The highest BCUT2D eigenvalue weighted by Gasteiger charge is 2.15. The van der Waals surface area contributed by atoms with Crippen LogP contribution in [-0.4, -0.2) is 19.2 Å². The predicted octanol–water partition coefficient (Wildman–Crippen LogP) is 3.85. The third-order valence-corrected chi connectivity index (χ3v) is 4.19. The summed E-state index contributed by atoms with van der Waals surface area (Å²) in [6, 6.07) is 15.2. The molecule has 2 aromatic carbocycles. The highest BCUT2D eigenvalue weighted by molar-refractivity contribution is 5.71. The predicted molar refractivity (Wildman–Crippen MR) is 87.4 cm³/mol. The molecule has 1 saturated heterocycles. The molecular formula is C19H23NO. The minimum Gasteiger partial charge on any atom is -0.372 e. The third-order valence-electron chi connectivity index (χ3n) is 4.19. The van der Waals surface area contributed by atoms with Crippen LogP contribution in [0.15, 0.2) is 42.5 Å². The summed E-state index contributed by atoms with van der Waals surface area (Å²) in [5.74, 6) is 0. The van der Waals surface area contributed by atoms with Crippen LogP contribution in [0.25, 0.3) is 11.1 Å². The van der Waals surface area contributed by atoms with Gasteiger partial charge in [0, 0.05) is 6.54 Å². The summed E-state index contributed by atoms with van der Waals surface area (Å²) in [7, 11) is 0. The Labute approximate surface area is 127 Å². The highest BCUT2D eigenvalue weighted by Crippen LogP contribution is 2.28. The Balaban J connectivity index is 1.86. The van der Waals surface area contributed by atoms with E-state index in [1.54, 1.807) is 0 Å². The van der Waals surface area contributed by atoms with Gasteiger partial charge in [0.2, 0.25) is 0 Å². The molecule has 1 unspecified atom stereocenters. The van der Waals surface area contributed by atoms with Crippen molar-refractivity contribution in [2.75, 3.05) is 13.1 Å². The Kier molecular flexibility index (Phi) is 4.37. The maximum Gasteiger partial charge on any atom is 0.0727 e. The van der Waals surface area contributed by atoms with Gasteiger partial charge in [-0.05, 0) is 49.1 Å². The molecule has 21 heavy (non-hydrogen) atoms. The summed E-state index contributed by atoms with van der Waals surface area (Å²) in [4.78, 5) is 0. The van der Waals surface area contributed by atoms with Gasteiger partial charge in [-0.15, -0.1) is 0 Å². The zero-order valence-corrected chi connectivity index (χ0v) is 12.9. The Morgan fingerprint density at radius 1 is 1.10 bits per heavy atom. The van der Waals surface area contributed by atoms with Crippen LogP contribution in [0.3, 0.4) is 0 Å². The monoisotopic (exact) mass is 281 g/mol. The van der Waals surface area contributed by atoms with E-state index < -0.39 is 0 Å². The molecule has 0 bridgehead atoms. The Bertz CT molecular complexity index is 615. The lowest BCUT2D eigenvalue weighted by molar-refractivity contribution is 0.0545. The third kappa shape index (κ3) is 3.34. The van der Waals surface area contributed by atoms with Crippen molar-refractivity contribution in [1.82, 2.24) is 5.32 Å². The molecule has 2 aromatic rings. The molecule has 2 heteroatoms. The molecule has 1 aliphatic rings. The van der Waals surface area contributed by atoms with Crippen LogP contribution < -0.4 is 5.32 Å². The minimum atomic E-state index is 0.358. The number of ether oxygens (including phenoxy) is 1. The second-order valence-electron chi connectivity index (χ2n) is 5.90. The van der Waals surface area contributed by atoms with Gasteiger partial charge in [0.25, 0.3) is 0 Å². The summed E-state index contributed by atoms with van der Waals surface area (Å²) < 4.78 is 6.06. The van der Waals surface area contributed by atoms with Gasteiger partial charge in [-0.1, -0.05) is 48.0 Å². The molecule has 2 nitrogen and oxygen atoms in total. The molecular weight excluding hydrogens is 258 g/mol. The fourth-order valence-electron chi connectivity index (χ4n) is 2.91. The van der Waals surface area contributed by atoms with Crippen molar-refractivity contribution in [3.05, 3.63) is 59.2 Å². The van der Waals surface area contributed by atoms with Crippen LogP contribution in [0.2, 0.25) is 0 Å². The SMILES string of the molecule is Cc1ccc(C)c(-c2ccccc2COC2CCNC2)c1. The zero-order valence-electron chi connectivity index (χ0n) is 12.9. The number of benzene rings is 2. The number of nitrogens with one attached hydrogen (secondary N) is 1. The van der Waals surface area contributed by atoms with Crippen LogP contribution in [-0.2, 0) is 11.3 Å². The molecule has 0 spiro atoms. The first-order chi connectivity index (χ1) is 10.2. The van der Waals surface area contributed by atoms with Crippen molar-refractivity contribution >= 4 is 0 Å². The Morgan fingerprint density at radius 2 is 1.95 bits per heavy atom. The van der Waals surface area contributed by atoms with Crippen LogP contribution >= 0.6 is 0 Å². The van der Waals surface area contributed by atoms with Gasteiger partial charge in [-0.2, -0.15) is 0 Å². The summed E-state index contributed by atoms with van der Waals surface area (Å²) in [6.07, 6.45) is 1.47. The van der Waals surface area contributed by atoms with Crippen LogP contribution in [0.5, 0.6) is 0 Å². The van der Waals surface area contributed by atoms with Crippen LogP contribution in [0.4, 0.5) is 0 Å². The average Bonchev–Trinajstić information content (AvgIpc) is 3.01. The number of aryl methyl sites for hydroxylation is 2. The highest BCUT2D eigenvalue weighted by atomic mass is 16.5. The molecule has 110 valence electrons. The summed E-state index contributed by atoms with van der Waals surface area (Å²) >= 11 is 0. The van der Waals surface area contributed by atoms with E-state index in [4.69, 9.17) is 4.74 Å². The fourth-order valence-corrected chi connectivity index (χ4v) is 2.91. The van der Waals surface area contributed by atoms with Crippen molar-refractivity contribution in [3.63, 3.8) is 0 Å². The maximum atomic E-state index is 6.06. The van der Waals surface area contributed by atoms with E-state index in [0.29, 0.717) is 12.7 Å². The van der Waals surface area contributed by atoms with Gasteiger partial charge >= 0.3 is 0 Å². The Hall–Kier alpha value is -1.64. The van der Waals surface area contributed by atoms with Gasteiger partial charge in [-0.3, -0.25) is 0 Å². The quantitative estimate of drug-likeness (QED) is 0.919. The molecule has 0 amide bonds. The lowest BCUT2D eigenvalue weighted by Gasteiger charge is -2.15. The molecule has 0 aromatic heterocycles. The van der Waals surface area contributed by atoms with Crippen molar-refractivity contribution in [2.45, 2.75) is 33.0 Å². The minimum absolute atomic E-state index is 0.358. The zero-order chi connectivity index (χ0) is 14.7. The summed E-state index contributed by atoms with van der Waals surface area (Å²) in [5.41, 5.74) is 6.50. The van der Waals surface area contributed by atoms with E-state index >= 15 is 0 Å². The first kappa shape index (κ1) is 14.3. The molecule has 1 atom stereocenters. The largest absolute Gasteiger partial charge is 0.372 e. The summed E-state index contributed by atoms with van der Waals surface area (Å²) in [5, 5.41) is 3.35. The van der Waals surface area contributed by atoms with E-state index in [-0.39, 0.29) is 0 Å². The normalized spacial score (nSPS) is 18.1. The number of rotatable bonds is 4. The molecule has 0 saturated carbocycles. The maximum absolute atomic E-state index is 6.06. The molecule has 1 fully saturated rings. The van der Waals surface area contributed by atoms with Gasteiger partial charge in [-0.25, -0.2) is 0 Å². The van der Waals surface area contributed by atoms with E-state index in [9.17, 15) is 0 Å². The summed E-state index contributed by atoms with van der Waals surface area (Å²) in [6.45, 7) is 7.06. The molecule has 1 aliphatic heterocycles. The van der Waals surface area contributed by atoms with Gasteiger partial charge < -0.3 is 10.1 Å². The molecule has 1 N–H and O–H groups in total. The van der Waals surface area contributed by atoms with Gasteiger partial charge in [0.1, 0.15) is 0 Å². The van der Waals surface area contributed by atoms with Gasteiger partial charge in [0.15, 0.2) is 0 Å². The van der Waals surface area contributed by atoms with Crippen LogP contribution in [0, 0.1) is 13.8 Å². The fraction of sp³-hybridized carbons (Fsp3) is 0.368. The smallest absolute Gasteiger partial charge is 0.0727 e. The number of hydrogen-bond acceptors (Lipinski definition) is 2. The number of hydrogen-bond donors (Lipinski definition) is 1. The van der Waals surface area contributed by atoms with E-state index in [1.807, 2.05) is 0 Å². The Morgan fingerprint density at radius 3 is 2.76 bits per heavy atom. The van der Waals surface area contributed by atoms with Crippen molar-refractivity contribution in [2.24, 2.45) is 0 Å². The molecule has 3 rings (SSSR count). The molecule has 1 heterocycles. The average molecular weight is 281 g/mol. The lowest BCUT2D eigenvalue weighted by Crippen LogP contribution is -2.16. The molecule has 0 aliphatic carbocycles. The van der Waals surface area contributed by atoms with Crippen molar-refractivity contribution in [3.8, 4) is 11.1 Å². The van der Waals surface area contributed by atoms with E-state index in [1.165, 1.54) is 27.8 Å².